The van der Waals surface area contributed by atoms with Crippen LogP contribution in [-0.4, -0.2) is 19.4 Å². The minimum Gasteiger partial charge on any atom is -0.497 e. The normalized spacial score (nSPS) is 13.1. The molecular weight excluding hydrogens is 174 g/mol. The Labute approximate surface area is 85.6 Å². The zero-order chi connectivity index (χ0) is 10.4. The van der Waals surface area contributed by atoms with Crippen LogP contribution in [0.5, 0.6) is 5.75 Å². The van der Waals surface area contributed by atoms with E-state index in [1.807, 2.05) is 30.5 Å². The first-order valence-corrected chi connectivity index (χ1v) is 4.93. The van der Waals surface area contributed by atoms with Crippen LogP contribution >= 0.6 is 0 Å². The highest BCUT2D eigenvalue weighted by molar-refractivity contribution is 5.79. The number of aliphatic imine (C=N–C) groups is 1. The Morgan fingerprint density at radius 2 is 2.00 bits per heavy atom. The van der Waals surface area contributed by atoms with Crippen molar-refractivity contribution in [3.05, 3.63) is 29.8 Å². The summed E-state index contributed by atoms with van der Waals surface area (Å²) in [6.07, 6.45) is 2.99. The maximum Gasteiger partial charge on any atom is 0.118 e. The van der Waals surface area contributed by atoms with E-state index in [9.17, 15) is 0 Å². The molecule has 76 valence electrons. The molecule has 0 aliphatic heterocycles. The standard InChI is InChI=1S/C12H17NO/c1-4-10(2)13-9-11-5-7-12(14-3)8-6-11/h5-10H,4H2,1-3H3. The largest absolute Gasteiger partial charge is 0.497 e. The number of benzene rings is 1. The molecule has 14 heavy (non-hydrogen) atoms. The van der Waals surface area contributed by atoms with Crippen LogP contribution in [-0.2, 0) is 0 Å². The SMILES string of the molecule is CCC(C)N=Cc1ccc(OC)cc1. The molecule has 0 aliphatic carbocycles. The van der Waals surface area contributed by atoms with Gasteiger partial charge >= 0.3 is 0 Å². The van der Waals surface area contributed by atoms with Crippen LogP contribution in [0, 0.1) is 0 Å². The summed E-state index contributed by atoms with van der Waals surface area (Å²) in [6.45, 7) is 4.25. The highest BCUT2D eigenvalue weighted by atomic mass is 16.5. The van der Waals surface area contributed by atoms with E-state index in [4.69, 9.17) is 4.74 Å². The molecular formula is C12H17NO. The first-order chi connectivity index (χ1) is 6.76. The Hall–Kier alpha value is -1.31. The van der Waals surface area contributed by atoms with Crippen molar-refractivity contribution in [3.8, 4) is 5.75 Å². The molecule has 0 fully saturated rings. The first-order valence-electron chi connectivity index (χ1n) is 4.93. The van der Waals surface area contributed by atoms with Gasteiger partial charge in [0, 0.05) is 12.3 Å². The summed E-state index contributed by atoms with van der Waals surface area (Å²) in [5.74, 6) is 0.880. The lowest BCUT2D eigenvalue weighted by Crippen LogP contribution is -1.95. The molecule has 1 unspecified atom stereocenters. The van der Waals surface area contributed by atoms with E-state index in [1.165, 1.54) is 0 Å². The van der Waals surface area contributed by atoms with Crippen molar-refractivity contribution in [2.24, 2.45) is 4.99 Å². The van der Waals surface area contributed by atoms with E-state index in [-0.39, 0.29) is 0 Å². The van der Waals surface area contributed by atoms with Gasteiger partial charge in [-0.2, -0.15) is 0 Å². The van der Waals surface area contributed by atoms with E-state index < -0.39 is 0 Å². The summed E-state index contributed by atoms with van der Waals surface area (Å²) in [6, 6.07) is 8.29. The second-order valence-corrected chi connectivity index (χ2v) is 3.31. The van der Waals surface area contributed by atoms with Crippen LogP contribution in [0.1, 0.15) is 25.8 Å². The predicted molar refractivity (Wildman–Crippen MR) is 60.3 cm³/mol. The van der Waals surface area contributed by atoms with Gasteiger partial charge in [-0.25, -0.2) is 0 Å². The number of hydrogen-bond donors (Lipinski definition) is 0. The Kier molecular flexibility index (Phi) is 4.17. The summed E-state index contributed by atoms with van der Waals surface area (Å²) < 4.78 is 5.07. The van der Waals surface area contributed by atoms with Gasteiger partial charge in [0.2, 0.25) is 0 Å². The monoisotopic (exact) mass is 191 g/mol. The summed E-state index contributed by atoms with van der Waals surface area (Å²) in [7, 11) is 1.67. The second kappa shape index (κ2) is 5.43. The van der Waals surface area contributed by atoms with Gasteiger partial charge in [0.15, 0.2) is 0 Å². The predicted octanol–water partition coefficient (Wildman–Crippen LogP) is 2.91. The first kappa shape index (κ1) is 10.8. The van der Waals surface area contributed by atoms with Crippen molar-refractivity contribution >= 4 is 6.21 Å². The van der Waals surface area contributed by atoms with E-state index in [2.05, 4.69) is 18.8 Å². The summed E-state index contributed by atoms with van der Waals surface area (Å²) in [5, 5.41) is 0. The third-order valence-electron chi connectivity index (χ3n) is 2.18. The van der Waals surface area contributed by atoms with E-state index in [0.717, 1.165) is 17.7 Å². The number of hydrogen-bond acceptors (Lipinski definition) is 2. The molecule has 0 N–H and O–H groups in total. The molecule has 0 radical (unpaired) electrons. The number of ether oxygens (including phenoxy) is 1. The molecule has 2 heteroatoms. The number of nitrogens with zero attached hydrogens (tertiary/aromatic N) is 1. The summed E-state index contributed by atoms with van der Waals surface area (Å²) >= 11 is 0. The van der Waals surface area contributed by atoms with Gasteiger partial charge in [0.05, 0.1) is 7.11 Å². The van der Waals surface area contributed by atoms with Gasteiger partial charge in [0.1, 0.15) is 5.75 Å². The summed E-state index contributed by atoms with van der Waals surface area (Å²) in [5.41, 5.74) is 1.12. The average molecular weight is 191 g/mol. The molecule has 2 nitrogen and oxygen atoms in total. The van der Waals surface area contributed by atoms with E-state index >= 15 is 0 Å². The molecule has 0 bridgehead atoms. The average Bonchev–Trinajstić information content (AvgIpc) is 2.26. The zero-order valence-corrected chi connectivity index (χ0v) is 9.03. The van der Waals surface area contributed by atoms with Gasteiger partial charge in [-0.3, -0.25) is 4.99 Å². The molecule has 1 aromatic carbocycles. The Morgan fingerprint density at radius 1 is 1.36 bits per heavy atom. The zero-order valence-electron chi connectivity index (χ0n) is 9.03. The van der Waals surface area contributed by atoms with Crippen molar-refractivity contribution in [2.45, 2.75) is 26.3 Å². The lowest BCUT2D eigenvalue weighted by Gasteiger charge is -2.01. The third-order valence-corrected chi connectivity index (χ3v) is 2.18. The van der Waals surface area contributed by atoms with Crippen LogP contribution in [0.3, 0.4) is 0 Å². The van der Waals surface area contributed by atoms with Crippen LogP contribution in [0.25, 0.3) is 0 Å². The van der Waals surface area contributed by atoms with Crippen molar-refractivity contribution in [2.75, 3.05) is 7.11 Å². The minimum absolute atomic E-state index is 0.400. The highest BCUT2D eigenvalue weighted by Crippen LogP contribution is 2.10. The van der Waals surface area contributed by atoms with E-state index in [1.54, 1.807) is 7.11 Å². The fraction of sp³-hybridized carbons (Fsp3) is 0.417. The van der Waals surface area contributed by atoms with Crippen molar-refractivity contribution in [3.63, 3.8) is 0 Å². The van der Waals surface area contributed by atoms with Crippen LogP contribution in [0.15, 0.2) is 29.3 Å². The summed E-state index contributed by atoms with van der Waals surface area (Å²) in [4.78, 5) is 4.40. The van der Waals surface area contributed by atoms with Crippen LogP contribution < -0.4 is 4.74 Å². The molecule has 0 heterocycles. The molecule has 0 amide bonds. The van der Waals surface area contributed by atoms with E-state index in [0.29, 0.717) is 6.04 Å². The Morgan fingerprint density at radius 3 is 2.50 bits per heavy atom. The van der Waals surface area contributed by atoms with Gasteiger partial charge in [-0.15, -0.1) is 0 Å². The molecule has 0 spiro atoms. The quantitative estimate of drug-likeness (QED) is 0.670. The maximum atomic E-state index is 5.07. The Bertz CT molecular complexity index is 290. The van der Waals surface area contributed by atoms with Gasteiger partial charge in [-0.05, 0) is 43.2 Å². The fourth-order valence-electron chi connectivity index (χ4n) is 1.01. The minimum atomic E-state index is 0.400. The fourth-order valence-corrected chi connectivity index (χ4v) is 1.01. The maximum absolute atomic E-state index is 5.07. The smallest absolute Gasteiger partial charge is 0.118 e. The highest BCUT2D eigenvalue weighted by Gasteiger charge is 1.93. The van der Waals surface area contributed by atoms with Crippen molar-refractivity contribution in [1.82, 2.24) is 0 Å². The number of rotatable bonds is 4. The lowest BCUT2D eigenvalue weighted by molar-refractivity contribution is 0.415. The van der Waals surface area contributed by atoms with Crippen molar-refractivity contribution < 1.29 is 4.74 Å². The number of methoxy groups -OCH3 is 1. The molecule has 0 aliphatic rings. The molecule has 1 aromatic rings. The van der Waals surface area contributed by atoms with Gasteiger partial charge in [-0.1, -0.05) is 6.92 Å². The molecule has 1 atom stereocenters. The van der Waals surface area contributed by atoms with Crippen molar-refractivity contribution in [1.29, 1.82) is 0 Å². The van der Waals surface area contributed by atoms with Gasteiger partial charge < -0.3 is 4.74 Å². The van der Waals surface area contributed by atoms with Crippen LogP contribution in [0.4, 0.5) is 0 Å². The van der Waals surface area contributed by atoms with Gasteiger partial charge in [0.25, 0.3) is 0 Å². The third kappa shape index (κ3) is 3.21. The lowest BCUT2D eigenvalue weighted by atomic mass is 10.2. The molecule has 1 rings (SSSR count). The molecule has 0 saturated carbocycles. The second-order valence-electron chi connectivity index (χ2n) is 3.31. The molecule has 0 aromatic heterocycles. The topological polar surface area (TPSA) is 21.6 Å². The Balaban J connectivity index is 2.64. The van der Waals surface area contributed by atoms with Crippen LogP contribution in [0.2, 0.25) is 0 Å². The molecule has 0 saturated heterocycles.